The summed E-state index contributed by atoms with van der Waals surface area (Å²) < 4.78 is 0. The van der Waals surface area contributed by atoms with Crippen LogP contribution in [0.25, 0.3) is 0 Å². The average molecular weight is 272 g/mol. The second kappa shape index (κ2) is 5.07. The van der Waals surface area contributed by atoms with E-state index < -0.39 is 0 Å². The van der Waals surface area contributed by atoms with E-state index in [2.05, 4.69) is 5.32 Å². The second-order valence-corrected chi connectivity index (χ2v) is 5.23. The van der Waals surface area contributed by atoms with Crippen LogP contribution in [0.5, 0.6) is 0 Å². The van der Waals surface area contributed by atoms with Gasteiger partial charge in [0.1, 0.15) is 0 Å². The van der Waals surface area contributed by atoms with E-state index in [1.54, 1.807) is 0 Å². The highest BCUT2D eigenvalue weighted by atomic mass is 16.2. The normalized spacial score (nSPS) is 21.6. The highest BCUT2D eigenvalue weighted by Crippen LogP contribution is 2.25. The summed E-state index contributed by atoms with van der Waals surface area (Å²) in [7, 11) is 0. The number of ketones is 1. The number of fused-ring (bicyclic) bond motifs is 1. The largest absolute Gasteiger partial charge is 0.375 e. The topological polar surface area (TPSA) is 66.5 Å². The van der Waals surface area contributed by atoms with Crippen LogP contribution in [0.2, 0.25) is 0 Å². The van der Waals surface area contributed by atoms with Gasteiger partial charge in [-0.3, -0.25) is 19.3 Å². The van der Waals surface area contributed by atoms with Crippen LogP contribution in [0.3, 0.4) is 0 Å². The summed E-state index contributed by atoms with van der Waals surface area (Å²) in [5.41, 5.74) is 2.17. The lowest BCUT2D eigenvalue weighted by molar-refractivity contribution is -0.142. The van der Waals surface area contributed by atoms with E-state index in [0.29, 0.717) is 6.42 Å². The Balaban J connectivity index is 1.67. The van der Waals surface area contributed by atoms with Gasteiger partial charge in [0.25, 0.3) is 0 Å². The summed E-state index contributed by atoms with van der Waals surface area (Å²) in [5.74, 6) is -0.567. The minimum atomic E-state index is -0.314. The minimum Gasteiger partial charge on any atom is -0.375 e. The summed E-state index contributed by atoms with van der Waals surface area (Å²) in [6, 6.07) is 7.57. The maximum atomic E-state index is 12.2. The zero-order valence-corrected chi connectivity index (χ0v) is 11.1. The zero-order chi connectivity index (χ0) is 14.1. The van der Waals surface area contributed by atoms with Crippen LogP contribution in [-0.4, -0.2) is 35.1 Å². The molecule has 0 aliphatic carbocycles. The molecule has 20 heavy (non-hydrogen) atoms. The predicted molar refractivity (Wildman–Crippen MR) is 73.1 cm³/mol. The molecule has 1 saturated heterocycles. The molecule has 2 amide bonds. The fraction of sp³-hybridized carbons (Fsp3) is 0.400. The van der Waals surface area contributed by atoms with E-state index in [-0.39, 0.29) is 43.0 Å². The summed E-state index contributed by atoms with van der Waals surface area (Å²) in [6.45, 7) is -0.0997. The van der Waals surface area contributed by atoms with E-state index in [1.807, 2.05) is 24.3 Å². The van der Waals surface area contributed by atoms with Gasteiger partial charge >= 0.3 is 0 Å². The highest BCUT2D eigenvalue weighted by Gasteiger charge is 2.33. The molecule has 1 aromatic carbocycles. The molecule has 2 heterocycles. The second-order valence-electron chi connectivity index (χ2n) is 5.23. The predicted octanol–water partition coefficient (Wildman–Crippen LogP) is 1.13. The molecule has 0 bridgehead atoms. The summed E-state index contributed by atoms with van der Waals surface area (Å²) in [6.07, 6.45) is 1.99. The van der Waals surface area contributed by atoms with Gasteiger partial charge in [-0.1, -0.05) is 18.2 Å². The van der Waals surface area contributed by atoms with Gasteiger partial charge in [0.2, 0.25) is 11.8 Å². The summed E-state index contributed by atoms with van der Waals surface area (Å²) in [4.78, 5) is 36.4. The van der Waals surface area contributed by atoms with Gasteiger partial charge in [0.15, 0.2) is 5.78 Å². The number of carbonyl (C=O) groups excluding carboxylic acids is 3. The maximum Gasteiger partial charge on any atom is 0.230 e. The van der Waals surface area contributed by atoms with Crippen molar-refractivity contribution in [3.05, 3.63) is 29.8 Å². The number of aryl methyl sites for hydroxylation is 1. The van der Waals surface area contributed by atoms with E-state index in [9.17, 15) is 14.4 Å². The molecule has 5 nitrogen and oxygen atoms in total. The quantitative estimate of drug-likeness (QED) is 0.838. The van der Waals surface area contributed by atoms with Crippen molar-refractivity contribution in [1.29, 1.82) is 0 Å². The number of rotatable bonds is 3. The fourth-order valence-electron chi connectivity index (χ4n) is 2.75. The van der Waals surface area contributed by atoms with Crippen molar-refractivity contribution in [3.63, 3.8) is 0 Å². The van der Waals surface area contributed by atoms with Crippen molar-refractivity contribution in [2.24, 2.45) is 0 Å². The number of amides is 2. The Morgan fingerprint density at radius 1 is 1.15 bits per heavy atom. The Bertz CT molecular complexity index is 566. The number of nitrogens with zero attached hydrogens (tertiary/aromatic N) is 1. The van der Waals surface area contributed by atoms with E-state index in [4.69, 9.17) is 0 Å². The van der Waals surface area contributed by atoms with Crippen LogP contribution >= 0.6 is 0 Å². The van der Waals surface area contributed by atoms with Gasteiger partial charge in [-0.2, -0.15) is 0 Å². The third-order valence-corrected chi connectivity index (χ3v) is 3.91. The van der Waals surface area contributed by atoms with Gasteiger partial charge in [0.05, 0.1) is 12.6 Å². The molecule has 2 aliphatic rings. The number of imide groups is 1. The number of anilines is 1. The molecule has 5 heteroatoms. The monoisotopic (exact) mass is 272 g/mol. The molecule has 1 atom stereocenters. The van der Waals surface area contributed by atoms with Crippen LogP contribution in [-0.2, 0) is 20.8 Å². The number of para-hydroxylation sites is 1. The Morgan fingerprint density at radius 3 is 2.60 bits per heavy atom. The molecular weight excluding hydrogens is 256 g/mol. The van der Waals surface area contributed by atoms with Gasteiger partial charge in [-0.25, -0.2) is 0 Å². The molecular formula is C15H16N2O3. The van der Waals surface area contributed by atoms with Crippen LogP contribution in [0, 0.1) is 0 Å². The summed E-state index contributed by atoms with van der Waals surface area (Å²) >= 11 is 0. The molecule has 0 aromatic heterocycles. The molecule has 2 aliphatic heterocycles. The Labute approximate surface area is 116 Å². The molecule has 0 radical (unpaired) electrons. The number of benzene rings is 1. The third-order valence-electron chi connectivity index (χ3n) is 3.91. The van der Waals surface area contributed by atoms with E-state index >= 15 is 0 Å². The van der Waals surface area contributed by atoms with E-state index in [1.165, 1.54) is 5.56 Å². The number of carbonyl (C=O) groups is 3. The first-order valence-corrected chi connectivity index (χ1v) is 6.85. The molecule has 1 fully saturated rings. The zero-order valence-electron chi connectivity index (χ0n) is 11.1. The fourth-order valence-corrected chi connectivity index (χ4v) is 2.75. The average Bonchev–Trinajstić information content (AvgIpc) is 2.78. The lowest BCUT2D eigenvalue weighted by atomic mass is 9.95. The maximum absolute atomic E-state index is 12.2. The molecule has 104 valence electrons. The Morgan fingerprint density at radius 2 is 1.85 bits per heavy atom. The first kappa shape index (κ1) is 12.8. The van der Waals surface area contributed by atoms with E-state index in [0.717, 1.165) is 17.0 Å². The molecule has 1 unspecified atom stereocenters. The first-order valence-electron chi connectivity index (χ1n) is 6.85. The first-order chi connectivity index (χ1) is 9.65. The van der Waals surface area contributed by atoms with Crippen LogP contribution < -0.4 is 5.32 Å². The van der Waals surface area contributed by atoms with Crippen LogP contribution in [0.15, 0.2) is 24.3 Å². The van der Waals surface area contributed by atoms with Gasteiger partial charge in [-0.05, 0) is 24.5 Å². The highest BCUT2D eigenvalue weighted by molar-refractivity contribution is 6.05. The number of nitrogens with one attached hydrogen (secondary N) is 1. The van der Waals surface area contributed by atoms with Gasteiger partial charge in [0, 0.05) is 18.5 Å². The van der Waals surface area contributed by atoms with Crippen molar-refractivity contribution in [3.8, 4) is 0 Å². The van der Waals surface area contributed by atoms with Crippen molar-refractivity contribution in [2.75, 3.05) is 11.9 Å². The molecule has 0 spiro atoms. The lowest BCUT2D eigenvalue weighted by Gasteiger charge is -2.27. The molecule has 1 aromatic rings. The van der Waals surface area contributed by atoms with Crippen molar-refractivity contribution in [1.82, 2.24) is 4.90 Å². The van der Waals surface area contributed by atoms with Crippen molar-refractivity contribution >= 4 is 23.3 Å². The number of hydrogen-bond donors (Lipinski definition) is 1. The molecule has 0 saturated carbocycles. The van der Waals surface area contributed by atoms with Gasteiger partial charge in [-0.15, -0.1) is 0 Å². The number of Topliss-reactive ketones (excluding diaryl/α,β-unsaturated/α-hetero) is 1. The molecule has 3 rings (SSSR count). The van der Waals surface area contributed by atoms with Crippen LogP contribution in [0.1, 0.15) is 24.8 Å². The molecule has 1 N–H and O–H groups in total. The van der Waals surface area contributed by atoms with Crippen LogP contribution in [0.4, 0.5) is 5.69 Å². The summed E-state index contributed by atoms with van der Waals surface area (Å²) in [5, 5.41) is 3.20. The smallest absolute Gasteiger partial charge is 0.230 e. The Hall–Kier alpha value is -2.17. The Kier molecular flexibility index (Phi) is 3.26. The van der Waals surface area contributed by atoms with Crippen molar-refractivity contribution in [2.45, 2.75) is 31.7 Å². The SMILES string of the molecule is O=C(CN1C(=O)CCC1=O)C1CCc2ccccc2N1. The minimum absolute atomic E-state index is 0.0943. The number of likely N-dealkylation sites (tertiary alicyclic amines) is 1. The van der Waals surface area contributed by atoms with Gasteiger partial charge < -0.3 is 5.32 Å². The number of hydrogen-bond acceptors (Lipinski definition) is 4. The van der Waals surface area contributed by atoms with Crippen molar-refractivity contribution < 1.29 is 14.4 Å². The third kappa shape index (κ3) is 2.31. The standard InChI is InChI=1S/C15H16N2O3/c18-13(9-17-14(19)7-8-15(17)20)12-6-5-10-3-1-2-4-11(10)16-12/h1-4,12,16H,5-9H2. The lowest BCUT2D eigenvalue weighted by Crippen LogP contribution is -2.42.